The molecule has 5 heteroatoms. The van der Waals surface area contributed by atoms with Crippen LogP contribution in [0.5, 0.6) is 23.0 Å². The molecular weight excluding hydrogens is 424 g/mol. The van der Waals surface area contributed by atoms with Gasteiger partial charge < -0.3 is 18.8 Å². The van der Waals surface area contributed by atoms with Crippen LogP contribution in [-0.4, -0.2) is 30.2 Å². The van der Waals surface area contributed by atoms with Gasteiger partial charge in [-0.15, -0.1) is 0 Å². The summed E-state index contributed by atoms with van der Waals surface area (Å²) in [6.45, 7) is 2.80. The van der Waals surface area contributed by atoms with Crippen molar-refractivity contribution in [3.05, 3.63) is 108 Å². The minimum absolute atomic E-state index is 0.0835. The maximum absolute atomic E-state index is 6.09. The Hall–Kier alpha value is -3.70. The molecule has 0 amide bonds. The third kappa shape index (κ3) is 4.80. The van der Waals surface area contributed by atoms with Gasteiger partial charge in [0.1, 0.15) is 23.0 Å². The number of methoxy groups -OCH3 is 2. The van der Waals surface area contributed by atoms with Crippen molar-refractivity contribution in [2.75, 3.05) is 20.8 Å². The summed E-state index contributed by atoms with van der Waals surface area (Å²) in [6, 6.07) is 28.9. The number of nitrogens with zero attached hydrogens (tertiary/aromatic N) is 2. The zero-order chi connectivity index (χ0) is 23.3. The van der Waals surface area contributed by atoms with E-state index in [1.165, 1.54) is 11.3 Å². The number of ether oxygens (including phenoxy) is 3. The second-order valence-corrected chi connectivity index (χ2v) is 8.56. The highest BCUT2D eigenvalue weighted by atomic mass is 16.5. The summed E-state index contributed by atoms with van der Waals surface area (Å²) >= 11 is 0. The second-order valence-electron chi connectivity index (χ2n) is 8.56. The fourth-order valence-electron chi connectivity index (χ4n) is 4.75. The van der Waals surface area contributed by atoms with Crippen LogP contribution in [0.2, 0.25) is 0 Å². The van der Waals surface area contributed by atoms with Crippen LogP contribution in [0.25, 0.3) is 0 Å². The van der Waals surface area contributed by atoms with Gasteiger partial charge >= 0.3 is 0 Å². The molecule has 0 N–H and O–H groups in total. The van der Waals surface area contributed by atoms with E-state index in [0.717, 1.165) is 54.6 Å². The average Bonchev–Trinajstić information content (AvgIpc) is 3.25. The molecule has 0 radical (unpaired) electrons. The number of fused-ring (bicyclic) bond motifs is 1. The van der Waals surface area contributed by atoms with Gasteiger partial charge in [-0.05, 0) is 66.1 Å². The summed E-state index contributed by atoms with van der Waals surface area (Å²) in [6.07, 6.45) is 3.26. The number of aryl methyl sites for hydroxylation is 1. The summed E-state index contributed by atoms with van der Waals surface area (Å²) in [5.41, 5.74) is 3.66. The highest BCUT2D eigenvalue weighted by Crippen LogP contribution is 2.37. The molecule has 0 bridgehead atoms. The van der Waals surface area contributed by atoms with Gasteiger partial charge in [0.25, 0.3) is 0 Å². The largest absolute Gasteiger partial charge is 0.497 e. The predicted molar refractivity (Wildman–Crippen MR) is 134 cm³/mol. The van der Waals surface area contributed by atoms with Gasteiger partial charge in [-0.25, -0.2) is 0 Å². The number of para-hydroxylation sites is 1. The third-order valence-electron chi connectivity index (χ3n) is 6.31. The van der Waals surface area contributed by atoms with Gasteiger partial charge in [-0.1, -0.05) is 30.3 Å². The van der Waals surface area contributed by atoms with Crippen LogP contribution >= 0.6 is 0 Å². The van der Waals surface area contributed by atoms with Crippen LogP contribution in [0.1, 0.15) is 29.3 Å². The fourth-order valence-corrected chi connectivity index (χ4v) is 4.75. The molecule has 0 saturated carbocycles. The molecule has 0 aliphatic carbocycles. The molecule has 0 spiro atoms. The lowest BCUT2D eigenvalue weighted by Crippen LogP contribution is -2.29. The SMILES string of the molecule is COc1cc(OC)cc(C2c3cccn3CCCN2Cc2cccc(Oc3ccccc3)c2)c1. The van der Waals surface area contributed by atoms with Crippen molar-refractivity contribution in [2.45, 2.75) is 25.6 Å². The Morgan fingerprint density at radius 1 is 0.735 bits per heavy atom. The van der Waals surface area contributed by atoms with Gasteiger partial charge in [0.15, 0.2) is 0 Å². The van der Waals surface area contributed by atoms with E-state index in [2.05, 4.69) is 58.1 Å². The molecule has 0 fully saturated rings. The van der Waals surface area contributed by atoms with Crippen LogP contribution in [0, 0.1) is 0 Å². The zero-order valence-corrected chi connectivity index (χ0v) is 19.7. The molecule has 174 valence electrons. The summed E-state index contributed by atoms with van der Waals surface area (Å²) in [7, 11) is 3.40. The quantitative estimate of drug-likeness (QED) is 0.329. The maximum atomic E-state index is 6.09. The van der Waals surface area contributed by atoms with E-state index < -0.39 is 0 Å². The van der Waals surface area contributed by atoms with E-state index in [4.69, 9.17) is 14.2 Å². The number of hydrogen-bond donors (Lipinski definition) is 0. The molecule has 1 atom stereocenters. The monoisotopic (exact) mass is 454 g/mol. The molecule has 1 aliphatic heterocycles. The Kier molecular flexibility index (Phi) is 6.54. The first-order chi connectivity index (χ1) is 16.7. The highest BCUT2D eigenvalue weighted by Gasteiger charge is 2.28. The Morgan fingerprint density at radius 3 is 2.26 bits per heavy atom. The van der Waals surface area contributed by atoms with E-state index in [0.29, 0.717) is 0 Å². The first-order valence-corrected chi connectivity index (χ1v) is 11.7. The van der Waals surface area contributed by atoms with Gasteiger partial charge in [-0.2, -0.15) is 0 Å². The summed E-state index contributed by atoms with van der Waals surface area (Å²) < 4.78 is 19.6. The Bertz CT molecular complexity index is 1210. The number of aromatic nitrogens is 1. The Labute approximate surface area is 201 Å². The average molecular weight is 455 g/mol. The van der Waals surface area contributed by atoms with E-state index in [1.807, 2.05) is 42.5 Å². The van der Waals surface area contributed by atoms with E-state index >= 15 is 0 Å². The van der Waals surface area contributed by atoms with Gasteiger partial charge in [0, 0.05) is 37.6 Å². The summed E-state index contributed by atoms with van der Waals surface area (Å²) in [5.74, 6) is 3.29. The lowest BCUT2D eigenvalue weighted by molar-refractivity contribution is 0.219. The molecule has 1 aromatic heterocycles. The Morgan fingerprint density at radius 2 is 1.50 bits per heavy atom. The first kappa shape index (κ1) is 22.1. The van der Waals surface area contributed by atoms with E-state index in [1.54, 1.807) is 14.2 Å². The lowest BCUT2D eigenvalue weighted by atomic mass is 10.00. The predicted octanol–water partition coefficient (Wildman–Crippen LogP) is 6.29. The smallest absolute Gasteiger partial charge is 0.127 e. The van der Waals surface area contributed by atoms with Crippen LogP contribution in [0.15, 0.2) is 91.1 Å². The molecule has 1 aliphatic rings. The molecule has 4 aromatic rings. The minimum atomic E-state index is 0.0835. The van der Waals surface area contributed by atoms with Crippen LogP contribution < -0.4 is 14.2 Å². The summed E-state index contributed by atoms with van der Waals surface area (Å²) in [4.78, 5) is 2.54. The summed E-state index contributed by atoms with van der Waals surface area (Å²) in [5, 5.41) is 0. The molecule has 1 unspecified atom stereocenters. The van der Waals surface area contributed by atoms with Crippen molar-refractivity contribution in [1.82, 2.24) is 9.47 Å². The van der Waals surface area contributed by atoms with Crippen molar-refractivity contribution in [3.63, 3.8) is 0 Å². The second kappa shape index (κ2) is 10.1. The normalized spacial score (nSPS) is 15.9. The van der Waals surface area contributed by atoms with Crippen molar-refractivity contribution >= 4 is 0 Å². The minimum Gasteiger partial charge on any atom is -0.497 e. The number of rotatable bonds is 7. The van der Waals surface area contributed by atoms with Crippen LogP contribution in [0.4, 0.5) is 0 Å². The fraction of sp³-hybridized carbons (Fsp3) is 0.241. The van der Waals surface area contributed by atoms with Gasteiger partial charge in [0.2, 0.25) is 0 Å². The van der Waals surface area contributed by atoms with Crippen molar-refractivity contribution < 1.29 is 14.2 Å². The molecule has 34 heavy (non-hydrogen) atoms. The van der Waals surface area contributed by atoms with Crippen molar-refractivity contribution in [1.29, 1.82) is 0 Å². The number of hydrogen-bond acceptors (Lipinski definition) is 4. The van der Waals surface area contributed by atoms with E-state index in [9.17, 15) is 0 Å². The molecule has 5 nitrogen and oxygen atoms in total. The third-order valence-corrected chi connectivity index (χ3v) is 6.31. The molecule has 2 heterocycles. The molecule has 3 aromatic carbocycles. The topological polar surface area (TPSA) is 35.9 Å². The Balaban J connectivity index is 1.48. The van der Waals surface area contributed by atoms with Crippen molar-refractivity contribution in [2.24, 2.45) is 0 Å². The highest BCUT2D eigenvalue weighted by molar-refractivity contribution is 5.43. The molecular formula is C29H30N2O3. The van der Waals surface area contributed by atoms with Gasteiger partial charge in [-0.3, -0.25) is 4.90 Å². The van der Waals surface area contributed by atoms with Gasteiger partial charge in [0.05, 0.1) is 20.3 Å². The molecule has 5 rings (SSSR count). The lowest BCUT2D eigenvalue weighted by Gasteiger charge is -2.31. The zero-order valence-electron chi connectivity index (χ0n) is 19.7. The first-order valence-electron chi connectivity index (χ1n) is 11.7. The molecule has 0 saturated heterocycles. The number of benzene rings is 3. The van der Waals surface area contributed by atoms with E-state index in [-0.39, 0.29) is 6.04 Å². The maximum Gasteiger partial charge on any atom is 0.127 e. The van der Waals surface area contributed by atoms with Crippen molar-refractivity contribution in [3.8, 4) is 23.0 Å². The standard InChI is InChI=1S/C29H30N2O3/c1-32-26-18-23(19-27(20-26)33-2)29-28-13-7-14-30(28)15-8-16-31(29)21-22-9-6-12-25(17-22)34-24-10-4-3-5-11-24/h3-7,9-14,17-20,29H,8,15-16,21H2,1-2H3. The van der Waals surface area contributed by atoms with Crippen LogP contribution in [0.3, 0.4) is 0 Å². The van der Waals surface area contributed by atoms with Crippen LogP contribution in [-0.2, 0) is 13.1 Å².